The lowest BCUT2D eigenvalue weighted by Gasteiger charge is -2.01. The molecular formula is C10H9ClN2O2. The number of imidazole rings is 1. The van der Waals surface area contributed by atoms with E-state index in [0.29, 0.717) is 17.7 Å². The molecule has 0 radical (unpaired) electrons. The summed E-state index contributed by atoms with van der Waals surface area (Å²) in [5.41, 5.74) is 1.70. The van der Waals surface area contributed by atoms with Crippen LogP contribution in [-0.2, 0) is 4.74 Å². The molecule has 78 valence electrons. The molecule has 5 heteroatoms. The lowest BCUT2D eigenvalue weighted by molar-refractivity contribution is 0.0528. The molecule has 0 saturated carbocycles. The van der Waals surface area contributed by atoms with Gasteiger partial charge in [-0.3, -0.25) is 0 Å². The Kier molecular flexibility index (Phi) is 2.60. The summed E-state index contributed by atoms with van der Waals surface area (Å²) >= 11 is 5.72. The van der Waals surface area contributed by atoms with Crippen LogP contribution >= 0.6 is 11.6 Å². The van der Waals surface area contributed by atoms with Gasteiger partial charge in [0.1, 0.15) is 5.52 Å². The van der Waals surface area contributed by atoms with Gasteiger partial charge in [0.15, 0.2) is 0 Å². The SMILES string of the molecule is CCOC(=O)c1cccc2[nH]c(Cl)nc12. The number of aromatic amines is 1. The van der Waals surface area contributed by atoms with E-state index in [-0.39, 0.29) is 11.3 Å². The summed E-state index contributed by atoms with van der Waals surface area (Å²) in [5, 5.41) is 0.266. The smallest absolute Gasteiger partial charge is 0.340 e. The molecule has 15 heavy (non-hydrogen) atoms. The van der Waals surface area contributed by atoms with E-state index in [2.05, 4.69) is 9.97 Å². The maximum atomic E-state index is 11.5. The number of carbonyl (C=O) groups excluding carboxylic acids is 1. The molecule has 1 N–H and O–H groups in total. The first-order valence-electron chi connectivity index (χ1n) is 4.53. The van der Waals surface area contributed by atoms with Gasteiger partial charge in [-0.15, -0.1) is 0 Å². The third kappa shape index (κ3) is 1.80. The van der Waals surface area contributed by atoms with Crippen LogP contribution in [0.25, 0.3) is 11.0 Å². The minimum atomic E-state index is -0.383. The van der Waals surface area contributed by atoms with E-state index in [1.54, 1.807) is 25.1 Å². The Morgan fingerprint density at radius 1 is 1.60 bits per heavy atom. The Morgan fingerprint density at radius 2 is 2.40 bits per heavy atom. The molecule has 0 unspecified atom stereocenters. The lowest BCUT2D eigenvalue weighted by Crippen LogP contribution is -2.05. The molecule has 0 aliphatic heterocycles. The van der Waals surface area contributed by atoms with Gasteiger partial charge in [0, 0.05) is 0 Å². The number of rotatable bonds is 2. The van der Waals surface area contributed by atoms with Crippen LogP contribution in [0.2, 0.25) is 5.28 Å². The van der Waals surface area contributed by atoms with Gasteiger partial charge < -0.3 is 9.72 Å². The highest BCUT2D eigenvalue weighted by Gasteiger charge is 2.13. The van der Waals surface area contributed by atoms with E-state index in [1.807, 2.05) is 0 Å². The normalized spacial score (nSPS) is 10.5. The van der Waals surface area contributed by atoms with Crippen molar-refractivity contribution in [1.82, 2.24) is 9.97 Å². The standard InChI is InChI=1S/C10H9ClN2O2/c1-2-15-9(14)6-4-3-5-7-8(6)13-10(11)12-7/h3-5H,2H2,1H3,(H,12,13). The van der Waals surface area contributed by atoms with Crippen molar-refractivity contribution >= 4 is 28.6 Å². The number of esters is 1. The number of halogens is 1. The van der Waals surface area contributed by atoms with E-state index < -0.39 is 0 Å². The summed E-state index contributed by atoms with van der Waals surface area (Å²) in [7, 11) is 0. The lowest BCUT2D eigenvalue weighted by atomic mass is 10.2. The van der Waals surface area contributed by atoms with Crippen LogP contribution in [0.5, 0.6) is 0 Å². The Labute approximate surface area is 91.2 Å². The zero-order chi connectivity index (χ0) is 10.8. The summed E-state index contributed by atoms with van der Waals surface area (Å²) in [6.45, 7) is 2.10. The third-order valence-electron chi connectivity index (χ3n) is 1.98. The molecule has 1 aromatic heterocycles. The van der Waals surface area contributed by atoms with E-state index in [1.165, 1.54) is 0 Å². The molecule has 0 bridgehead atoms. The second-order valence-electron chi connectivity index (χ2n) is 2.95. The number of fused-ring (bicyclic) bond motifs is 1. The predicted octanol–water partition coefficient (Wildman–Crippen LogP) is 2.39. The fraction of sp³-hybridized carbons (Fsp3) is 0.200. The van der Waals surface area contributed by atoms with Crippen LogP contribution in [-0.4, -0.2) is 22.5 Å². The number of nitrogens with one attached hydrogen (secondary N) is 1. The fourth-order valence-corrected chi connectivity index (χ4v) is 1.56. The maximum absolute atomic E-state index is 11.5. The Bertz CT molecular complexity index is 507. The molecule has 0 atom stereocenters. The van der Waals surface area contributed by atoms with Gasteiger partial charge in [-0.2, -0.15) is 0 Å². The van der Waals surface area contributed by atoms with Crippen LogP contribution in [0.1, 0.15) is 17.3 Å². The van der Waals surface area contributed by atoms with Crippen LogP contribution in [0.4, 0.5) is 0 Å². The summed E-state index contributed by atoms with van der Waals surface area (Å²) < 4.78 is 4.91. The third-order valence-corrected chi connectivity index (χ3v) is 2.16. The largest absolute Gasteiger partial charge is 0.462 e. The Balaban J connectivity index is 2.55. The molecule has 1 heterocycles. The van der Waals surface area contributed by atoms with Gasteiger partial charge in [0.2, 0.25) is 5.28 Å². The van der Waals surface area contributed by atoms with Gasteiger partial charge in [-0.1, -0.05) is 6.07 Å². The second kappa shape index (κ2) is 3.90. The minimum Gasteiger partial charge on any atom is -0.462 e. The number of carbonyl (C=O) groups is 1. The van der Waals surface area contributed by atoms with Crippen LogP contribution in [0.3, 0.4) is 0 Å². The zero-order valence-electron chi connectivity index (χ0n) is 8.08. The molecular weight excluding hydrogens is 216 g/mol. The minimum absolute atomic E-state index is 0.266. The molecule has 0 saturated heterocycles. The average Bonchev–Trinajstić information content (AvgIpc) is 2.57. The number of nitrogens with zero attached hydrogens (tertiary/aromatic N) is 1. The van der Waals surface area contributed by atoms with E-state index >= 15 is 0 Å². The summed E-state index contributed by atoms with van der Waals surface area (Å²) in [5.74, 6) is -0.383. The summed E-state index contributed by atoms with van der Waals surface area (Å²) in [6, 6.07) is 5.22. The van der Waals surface area contributed by atoms with Crippen molar-refractivity contribution in [2.75, 3.05) is 6.61 Å². The van der Waals surface area contributed by atoms with Gasteiger partial charge >= 0.3 is 5.97 Å². The van der Waals surface area contributed by atoms with Crippen LogP contribution in [0.15, 0.2) is 18.2 Å². The number of hydrogen-bond acceptors (Lipinski definition) is 3. The van der Waals surface area contributed by atoms with Crippen molar-refractivity contribution in [3.63, 3.8) is 0 Å². The topological polar surface area (TPSA) is 55.0 Å². The highest BCUT2D eigenvalue weighted by atomic mass is 35.5. The molecule has 0 spiro atoms. The molecule has 0 amide bonds. The number of ether oxygens (including phenoxy) is 1. The Morgan fingerprint density at radius 3 is 3.13 bits per heavy atom. The van der Waals surface area contributed by atoms with Gasteiger partial charge in [0.05, 0.1) is 17.7 Å². The number of hydrogen-bond donors (Lipinski definition) is 1. The Hall–Kier alpha value is -1.55. The number of para-hydroxylation sites is 1. The summed E-state index contributed by atoms with van der Waals surface area (Å²) in [6.07, 6.45) is 0. The van der Waals surface area contributed by atoms with Crippen molar-refractivity contribution in [1.29, 1.82) is 0 Å². The van der Waals surface area contributed by atoms with E-state index in [4.69, 9.17) is 16.3 Å². The molecule has 4 nitrogen and oxygen atoms in total. The molecule has 2 rings (SSSR count). The van der Waals surface area contributed by atoms with Gasteiger partial charge in [-0.25, -0.2) is 9.78 Å². The number of benzene rings is 1. The highest BCUT2D eigenvalue weighted by molar-refractivity contribution is 6.29. The first kappa shape index (κ1) is 9.98. The van der Waals surface area contributed by atoms with E-state index in [9.17, 15) is 4.79 Å². The van der Waals surface area contributed by atoms with Gasteiger partial charge in [0.25, 0.3) is 0 Å². The van der Waals surface area contributed by atoms with Crippen molar-refractivity contribution in [3.8, 4) is 0 Å². The monoisotopic (exact) mass is 224 g/mol. The summed E-state index contributed by atoms with van der Waals surface area (Å²) in [4.78, 5) is 18.4. The molecule has 0 fully saturated rings. The maximum Gasteiger partial charge on any atom is 0.340 e. The molecule has 2 aromatic rings. The molecule has 0 aliphatic carbocycles. The predicted molar refractivity (Wildman–Crippen MR) is 57.1 cm³/mol. The van der Waals surface area contributed by atoms with Crippen molar-refractivity contribution in [2.24, 2.45) is 0 Å². The first-order valence-corrected chi connectivity index (χ1v) is 4.91. The van der Waals surface area contributed by atoms with Crippen LogP contribution < -0.4 is 0 Å². The van der Waals surface area contributed by atoms with Crippen molar-refractivity contribution in [2.45, 2.75) is 6.92 Å². The second-order valence-corrected chi connectivity index (χ2v) is 3.31. The van der Waals surface area contributed by atoms with Crippen LogP contribution in [0, 0.1) is 0 Å². The number of aromatic nitrogens is 2. The van der Waals surface area contributed by atoms with Gasteiger partial charge in [-0.05, 0) is 30.7 Å². The first-order chi connectivity index (χ1) is 7.22. The van der Waals surface area contributed by atoms with Crippen molar-refractivity contribution < 1.29 is 9.53 Å². The van der Waals surface area contributed by atoms with E-state index in [0.717, 1.165) is 5.52 Å². The van der Waals surface area contributed by atoms with Crippen molar-refractivity contribution in [3.05, 3.63) is 29.0 Å². The quantitative estimate of drug-likeness (QED) is 0.797. The highest BCUT2D eigenvalue weighted by Crippen LogP contribution is 2.19. The fourth-order valence-electron chi connectivity index (χ4n) is 1.38. The molecule has 0 aliphatic rings. The average molecular weight is 225 g/mol. The molecule has 1 aromatic carbocycles. The number of H-pyrrole nitrogens is 1. The zero-order valence-corrected chi connectivity index (χ0v) is 8.84.